The number of carbonyl (C=O) groups excluding carboxylic acids is 2. The number of carbonyl (C=O) groups is 2. The minimum atomic E-state index is -0.575. The van der Waals surface area contributed by atoms with Gasteiger partial charge in [0.25, 0.3) is 5.91 Å². The van der Waals surface area contributed by atoms with Crippen LogP contribution in [-0.2, 0) is 11.2 Å². The van der Waals surface area contributed by atoms with E-state index in [4.69, 9.17) is 9.15 Å². The third-order valence-electron chi connectivity index (χ3n) is 4.90. The van der Waals surface area contributed by atoms with Crippen LogP contribution in [0.2, 0.25) is 0 Å². The average Bonchev–Trinajstić information content (AvgIpc) is 3.13. The monoisotopic (exact) mass is 432 g/mol. The molecule has 0 unspecified atom stereocenters. The Bertz CT molecular complexity index is 1300. The van der Waals surface area contributed by atoms with Crippen LogP contribution in [-0.4, -0.2) is 18.9 Å². The molecule has 0 saturated heterocycles. The first-order chi connectivity index (χ1) is 15.4. The third-order valence-corrected chi connectivity index (χ3v) is 4.90. The highest BCUT2D eigenvalue weighted by atomic mass is 19.1. The summed E-state index contributed by atoms with van der Waals surface area (Å²) in [4.78, 5) is 25.1. The molecule has 0 atom stereocenters. The van der Waals surface area contributed by atoms with Crippen molar-refractivity contribution in [1.82, 2.24) is 0 Å². The van der Waals surface area contributed by atoms with E-state index in [9.17, 15) is 14.0 Å². The minimum absolute atomic E-state index is 0.0464. The predicted octanol–water partition coefficient (Wildman–Crippen LogP) is 5.32. The molecule has 2 amide bonds. The number of nitrogens with one attached hydrogen (secondary N) is 2. The van der Waals surface area contributed by atoms with Crippen LogP contribution in [0.25, 0.3) is 11.0 Å². The van der Waals surface area contributed by atoms with Crippen LogP contribution in [0.4, 0.5) is 15.8 Å². The van der Waals surface area contributed by atoms with Gasteiger partial charge in [0.15, 0.2) is 5.75 Å². The lowest BCUT2D eigenvalue weighted by Gasteiger charge is -2.06. The van der Waals surface area contributed by atoms with Crippen molar-refractivity contribution in [3.8, 4) is 5.75 Å². The van der Waals surface area contributed by atoms with Crippen molar-refractivity contribution >= 4 is 34.2 Å². The molecular formula is C25H21FN2O4. The molecule has 3 aromatic carbocycles. The lowest BCUT2D eigenvalue weighted by molar-refractivity contribution is -0.115. The summed E-state index contributed by atoms with van der Waals surface area (Å²) in [5.74, 6) is -1.03. The highest BCUT2D eigenvalue weighted by Crippen LogP contribution is 2.35. The largest absolute Gasteiger partial charge is 0.492 e. The first-order valence-electron chi connectivity index (χ1n) is 9.96. The Balaban J connectivity index is 1.55. The summed E-state index contributed by atoms with van der Waals surface area (Å²) in [6.45, 7) is 1.99. The van der Waals surface area contributed by atoms with Gasteiger partial charge in [-0.2, -0.15) is 0 Å². The molecule has 0 aliphatic carbocycles. The molecule has 1 aromatic heterocycles. The Morgan fingerprint density at radius 3 is 2.44 bits per heavy atom. The molecule has 1 heterocycles. The van der Waals surface area contributed by atoms with Gasteiger partial charge in [-0.15, -0.1) is 0 Å². The van der Waals surface area contributed by atoms with Crippen molar-refractivity contribution in [2.45, 2.75) is 13.3 Å². The van der Waals surface area contributed by atoms with E-state index >= 15 is 0 Å². The number of furan rings is 1. The summed E-state index contributed by atoms with van der Waals surface area (Å²) in [7, 11) is 1.42. The van der Waals surface area contributed by atoms with E-state index in [0.717, 1.165) is 11.1 Å². The number of benzene rings is 3. The van der Waals surface area contributed by atoms with Crippen LogP contribution in [0.1, 0.15) is 21.7 Å². The van der Waals surface area contributed by atoms with E-state index in [1.807, 2.05) is 31.2 Å². The van der Waals surface area contributed by atoms with E-state index in [2.05, 4.69) is 10.6 Å². The number of halogens is 1. The molecule has 0 saturated carbocycles. The molecule has 162 valence electrons. The Labute approximate surface area is 184 Å². The van der Waals surface area contributed by atoms with Gasteiger partial charge in [0.1, 0.15) is 11.4 Å². The van der Waals surface area contributed by atoms with Gasteiger partial charge in [0, 0.05) is 11.4 Å². The fourth-order valence-corrected chi connectivity index (χ4v) is 3.36. The lowest BCUT2D eigenvalue weighted by Crippen LogP contribution is -2.14. The highest BCUT2D eigenvalue weighted by Gasteiger charge is 2.22. The van der Waals surface area contributed by atoms with Crippen LogP contribution in [0.5, 0.6) is 5.75 Å². The van der Waals surface area contributed by atoms with Crippen molar-refractivity contribution < 1.29 is 23.1 Å². The van der Waals surface area contributed by atoms with Crippen molar-refractivity contribution in [3.05, 3.63) is 89.4 Å². The van der Waals surface area contributed by atoms with Gasteiger partial charge in [-0.05, 0) is 48.9 Å². The van der Waals surface area contributed by atoms with E-state index in [0.29, 0.717) is 22.3 Å². The molecule has 0 aliphatic rings. The third kappa shape index (κ3) is 4.62. The van der Waals surface area contributed by atoms with Crippen LogP contribution in [0.15, 0.2) is 71.1 Å². The predicted molar refractivity (Wildman–Crippen MR) is 121 cm³/mol. The maximum Gasteiger partial charge on any atom is 0.295 e. The zero-order valence-electron chi connectivity index (χ0n) is 17.6. The Morgan fingerprint density at radius 2 is 1.72 bits per heavy atom. The van der Waals surface area contributed by atoms with Gasteiger partial charge in [0.2, 0.25) is 11.7 Å². The van der Waals surface area contributed by atoms with Crippen LogP contribution in [0, 0.1) is 12.7 Å². The molecule has 4 rings (SSSR count). The van der Waals surface area contributed by atoms with Gasteiger partial charge >= 0.3 is 0 Å². The van der Waals surface area contributed by atoms with Gasteiger partial charge in [0.05, 0.1) is 18.9 Å². The number of rotatable bonds is 6. The lowest BCUT2D eigenvalue weighted by atomic mass is 10.1. The molecule has 32 heavy (non-hydrogen) atoms. The van der Waals surface area contributed by atoms with Crippen molar-refractivity contribution in [2.75, 3.05) is 17.7 Å². The second kappa shape index (κ2) is 8.93. The maximum absolute atomic E-state index is 13.4. The molecule has 0 spiro atoms. The molecular weight excluding hydrogens is 411 g/mol. The molecule has 4 aromatic rings. The summed E-state index contributed by atoms with van der Waals surface area (Å²) < 4.78 is 24.5. The maximum atomic E-state index is 13.4. The summed E-state index contributed by atoms with van der Waals surface area (Å²) >= 11 is 0. The molecule has 2 N–H and O–H groups in total. The Hall–Kier alpha value is -4.13. The summed E-state index contributed by atoms with van der Waals surface area (Å²) in [5.41, 5.74) is 3.30. The van der Waals surface area contributed by atoms with Crippen molar-refractivity contribution in [1.29, 1.82) is 0 Å². The topological polar surface area (TPSA) is 80.6 Å². The molecule has 7 heteroatoms. The van der Waals surface area contributed by atoms with E-state index in [-0.39, 0.29) is 23.8 Å². The molecule has 0 radical (unpaired) electrons. The number of hydrogen-bond donors (Lipinski definition) is 2. The van der Waals surface area contributed by atoms with Crippen molar-refractivity contribution in [3.63, 3.8) is 0 Å². The standard InChI is InChI=1S/C25H21FN2O4/c1-15-6-8-16(9-7-15)12-22(29)27-19-10-11-21-20(14-19)23(31-2)24(32-21)25(30)28-18-5-3-4-17(26)13-18/h3-11,13-14H,12H2,1-2H3,(H,27,29)(H,28,30). The molecule has 6 nitrogen and oxygen atoms in total. The summed E-state index contributed by atoms with van der Waals surface area (Å²) in [5, 5.41) is 5.98. The molecule has 0 bridgehead atoms. The normalized spacial score (nSPS) is 10.7. The average molecular weight is 432 g/mol. The van der Waals surface area contributed by atoms with Gasteiger partial charge in [-0.1, -0.05) is 35.9 Å². The van der Waals surface area contributed by atoms with Crippen LogP contribution in [0.3, 0.4) is 0 Å². The quantitative estimate of drug-likeness (QED) is 0.432. The van der Waals surface area contributed by atoms with Gasteiger partial charge < -0.3 is 19.8 Å². The van der Waals surface area contributed by atoms with Crippen LogP contribution >= 0.6 is 0 Å². The fraction of sp³-hybridized carbons (Fsp3) is 0.120. The fourth-order valence-electron chi connectivity index (χ4n) is 3.36. The van der Waals surface area contributed by atoms with E-state index < -0.39 is 11.7 Å². The smallest absolute Gasteiger partial charge is 0.295 e. The zero-order chi connectivity index (χ0) is 22.7. The number of aryl methyl sites for hydroxylation is 1. The Kier molecular flexibility index (Phi) is 5.89. The second-order valence-corrected chi connectivity index (χ2v) is 7.35. The van der Waals surface area contributed by atoms with Gasteiger partial charge in [-0.3, -0.25) is 9.59 Å². The number of amides is 2. The molecule has 0 fully saturated rings. The van der Waals surface area contributed by atoms with E-state index in [1.165, 1.54) is 25.3 Å². The Morgan fingerprint density at radius 1 is 0.969 bits per heavy atom. The van der Waals surface area contributed by atoms with Gasteiger partial charge in [-0.25, -0.2) is 4.39 Å². The highest BCUT2D eigenvalue weighted by molar-refractivity contribution is 6.08. The number of hydrogen-bond acceptors (Lipinski definition) is 4. The number of anilines is 2. The number of methoxy groups -OCH3 is 1. The molecule has 0 aliphatic heterocycles. The minimum Gasteiger partial charge on any atom is -0.492 e. The number of ether oxygens (including phenoxy) is 1. The summed E-state index contributed by atoms with van der Waals surface area (Å²) in [6.07, 6.45) is 0.238. The van der Waals surface area contributed by atoms with Crippen molar-refractivity contribution in [2.24, 2.45) is 0 Å². The first kappa shape index (κ1) is 21.1. The zero-order valence-corrected chi connectivity index (χ0v) is 17.6. The number of fused-ring (bicyclic) bond motifs is 1. The second-order valence-electron chi connectivity index (χ2n) is 7.35. The van der Waals surface area contributed by atoms with Crippen LogP contribution < -0.4 is 15.4 Å². The SMILES string of the molecule is COc1c(C(=O)Nc2cccc(F)c2)oc2ccc(NC(=O)Cc3ccc(C)cc3)cc12. The first-order valence-corrected chi connectivity index (χ1v) is 9.96. The van der Waals surface area contributed by atoms with E-state index in [1.54, 1.807) is 24.3 Å². The summed E-state index contributed by atoms with van der Waals surface area (Å²) in [6, 6.07) is 18.3.